The zero-order valence-corrected chi connectivity index (χ0v) is 11.6. The van der Waals surface area contributed by atoms with Crippen molar-refractivity contribution in [3.05, 3.63) is 29.8 Å². The van der Waals surface area contributed by atoms with E-state index >= 15 is 0 Å². The highest BCUT2D eigenvalue weighted by atomic mass is 16.2. The van der Waals surface area contributed by atoms with E-state index in [1.54, 1.807) is 0 Å². The maximum atomic E-state index is 12.1. The molecule has 0 spiro atoms. The van der Waals surface area contributed by atoms with Crippen LogP contribution in [0.5, 0.6) is 0 Å². The minimum absolute atomic E-state index is 0.262. The van der Waals surface area contributed by atoms with Gasteiger partial charge in [-0.25, -0.2) is 0 Å². The Balaban J connectivity index is 1.79. The van der Waals surface area contributed by atoms with Crippen LogP contribution in [-0.2, 0) is 11.2 Å². The maximum absolute atomic E-state index is 12.1. The van der Waals surface area contributed by atoms with Crippen molar-refractivity contribution in [3.8, 4) is 0 Å². The maximum Gasteiger partial charge on any atom is 0.222 e. The van der Waals surface area contributed by atoms with E-state index < -0.39 is 0 Å². The van der Waals surface area contributed by atoms with E-state index in [1.165, 1.54) is 0 Å². The van der Waals surface area contributed by atoms with Crippen molar-refractivity contribution in [1.29, 1.82) is 0 Å². The predicted molar refractivity (Wildman–Crippen MR) is 77.9 cm³/mol. The van der Waals surface area contributed by atoms with Gasteiger partial charge in [-0.15, -0.1) is 0 Å². The molecule has 4 nitrogen and oxygen atoms in total. The van der Waals surface area contributed by atoms with Crippen molar-refractivity contribution in [2.45, 2.75) is 19.8 Å². The molecular weight excluding hydrogens is 238 g/mol. The highest BCUT2D eigenvalue weighted by Gasteiger charge is 2.19. The van der Waals surface area contributed by atoms with Crippen LogP contribution in [-0.4, -0.2) is 48.4 Å². The van der Waals surface area contributed by atoms with Crippen molar-refractivity contribution < 1.29 is 4.79 Å². The Morgan fingerprint density at radius 1 is 1.26 bits per heavy atom. The summed E-state index contributed by atoms with van der Waals surface area (Å²) in [5, 5.41) is 0. The van der Waals surface area contributed by atoms with Gasteiger partial charge in [0.15, 0.2) is 0 Å². The van der Waals surface area contributed by atoms with Gasteiger partial charge >= 0.3 is 0 Å². The largest absolute Gasteiger partial charge is 0.399 e. The number of anilines is 1. The van der Waals surface area contributed by atoms with Crippen molar-refractivity contribution in [1.82, 2.24) is 9.80 Å². The van der Waals surface area contributed by atoms with Crippen LogP contribution in [0, 0.1) is 0 Å². The molecular formula is C15H23N3O. The Labute approximate surface area is 115 Å². The summed E-state index contributed by atoms with van der Waals surface area (Å²) in [5.41, 5.74) is 7.64. The molecule has 0 unspecified atom stereocenters. The first kappa shape index (κ1) is 13.9. The molecule has 4 heteroatoms. The lowest BCUT2D eigenvalue weighted by atomic mass is 10.1. The van der Waals surface area contributed by atoms with E-state index in [2.05, 4.69) is 11.8 Å². The van der Waals surface area contributed by atoms with Gasteiger partial charge in [-0.1, -0.05) is 19.1 Å². The molecule has 1 saturated heterocycles. The average Bonchev–Trinajstić information content (AvgIpc) is 2.45. The van der Waals surface area contributed by atoms with Crippen LogP contribution in [0.3, 0.4) is 0 Å². The van der Waals surface area contributed by atoms with Crippen LogP contribution in [0.25, 0.3) is 0 Å². The van der Waals surface area contributed by atoms with E-state index in [1.807, 2.05) is 29.2 Å². The summed E-state index contributed by atoms with van der Waals surface area (Å²) in [6, 6.07) is 7.78. The summed E-state index contributed by atoms with van der Waals surface area (Å²) in [4.78, 5) is 16.5. The lowest BCUT2D eigenvalue weighted by Crippen LogP contribution is -2.48. The summed E-state index contributed by atoms with van der Waals surface area (Å²) in [6.45, 7) is 6.97. The summed E-state index contributed by atoms with van der Waals surface area (Å²) >= 11 is 0. The fourth-order valence-corrected chi connectivity index (χ4v) is 2.47. The number of hydrogen-bond acceptors (Lipinski definition) is 3. The van der Waals surface area contributed by atoms with Crippen LogP contribution >= 0.6 is 0 Å². The van der Waals surface area contributed by atoms with Gasteiger partial charge in [-0.2, -0.15) is 0 Å². The summed E-state index contributed by atoms with van der Waals surface area (Å²) in [5.74, 6) is 0.262. The van der Waals surface area contributed by atoms with E-state index in [0.29, 0.717) is 6.42 Å². The molecule has 1 aromatic rings. The van der Waals surface area contributed by atoms with Crippen molar-refractivity contribution in [2.75, 3.05) is 38.5 Å². The minimum Gasteiger partial charge on any atom is -0.399 e. The number of nitrogens with two attached hydrogens (primary N) is 1. The molecule has 19 heavy (non-hydrogen) atoms. The lowest BCUT2D eigenvalue weighted by molar-refractivity contribution is -0.132. The molecule has 2 N–H and O–H groups in total. The fraction of sp³-hybridized carbons (Fsp3) is 0.533. The molecule has 1 heterocycles. The standard InChI is InChI=1S/C15H23N3O/c1-2-17-8-10-18(11-9-17)15(19)7-6-13-4-3-5-14(16)12-13/h3-5,12H,2,6-11,16H2,1H3. The van der Waals surface area contributed by atoms with Crippen LogP contribution in [0.4, 0.5) is 5.69 Å². The quantitative estimate of drug-likeness (QED) is 0.833. The molecule has 1 amide bonds. The van der Waals surface area contributed by atoms with E-state index in [-0.39, 0.29) is 5.91 Å². The van der Waals surface area contributed by atoms with Gasteiger partial charge in [0.05, 0.1) is 0 Å². The molecule has 0 radical (unpaired) electrons. The molecule has 1 aromatic carbocycles. The molecule has 0 bridgehead atoms. The number of carbonyl (C=O) groups excluding carboxylic acids is 1. The van der Waals surface area contributed by atoms with Gasteiger partial charge in [-0.3, -0.25) is 4.79 Å². The van der Waals surface area contributed by atoms with Crippen LogP contribution in [0.15, 0.2) is 24.3 Å². The van der Waals surface area contributed by atoms with Gasteiger partial charge in [0.2, 0.25) is 5.91 Å². The number of benzene rings is 1. The van der Waals surface area contributed by atoms with Gasteiger partial charge < -0.3 is 15.5 Å². The number of nitrogen functional groups attached to an aromatic ring is 1. The summed E-state index contributed by atoms with van der Waals surface area (Å²) in [7, 11) is 0. The number of amides is 1. The number of hydrogen-bond donors (Lipinski definition) is 1. The van der Waals surface area contributed by atoms with E-state index in [0.717, 1.165) is 50.4 Å². The first-order valence-electron chi connectivity index (χ1n) is 7.03. The average molecular weight is 261 g/mol. The highest BCUT2D eigenvalue weighted by Crippen LogP contribution is 2.10. The number of aryl methyl sites for hydroxylation is 1. The van der Waals surface area contributed by atoms with Crippen LogP contribution in [0.2, 0.25) is 0 Å². The second-order valence-corrected chi connectivity index (χ2v) is 5.06. The van der Waals surface area contributed by atoms with Crippen molar-refractivity contribution >= 4 is 11.6 Å². The molecule has 2 rings (SSSR count). The normalized spacial score (nSPS) is 16.6. The lowest BCUT2D eigenvalue weighted by Gasteiger charge is -2.34. The van der Waals surface area contributed by atoms with Gasteiger partial charge in [0, 0.05) is 38.3 Å². The molecule has 0 saturated carbocycles. The number of rotatable bonds is 4. The third kappa shape index (κ3) is 3.96. The van der Waals surface area contributed by atoms with Crippen molar-refractivity contribution in [3.63, 3.8) is 0 Å². The van der Waals surface area contributed by atoms with E-state index in [4.69, 9.17) is 5.73 Å². The predicted octanol–water partition coefficient (Wildman–Crippen LogP) is 1.37. The molecule has 1 aliphatic heterocycles. The Bertz CT molecular complexity index is 425. The molecule has 1 fully saturated rings. The zero-order chi connectivity index (χ0) is 13.7. The van der Waals surface area contributed by atoms with Gasteiger partial charge in [0.25, 0.3) is 0 Å². The number of carbonyl (C=O) groups is 1. The third-order valence-corrected chi connectivity index (χ3v) is 3.75. The summed E-state index contributed by atoms with van der Waals surface area (Å²) in [6.07, 6.45) is 1.35. The molecule has 104 valence electrons. The number of likely N-dealkylation sites (N-methyl/N-ethyl adjacent to an activating group) is 1. The smallest absolute Gasteiger partial charge is 0.222 e. The Morgan fingerprint density at radius 2 is 2.00 bits per heavy atom. The Hall–Kier alpha value is -1.55. The molecule has 0 aromatic heterocycles. The second kappa shape index (κ2) is 6.57. The monoisotopic (exact) mass is 261 g/mol. The topological polar surface area (TPSA) is 49.6 Å². The van der Waals surface area contributed by atoms with Crippen LogP contribution in [0.1, 0.15) is 18.9 Å². The first-order valence-corrected chi connectivity index (χ1v) is 7.03. The minimum atomic E-state index is 0.262. The molecule has 0 aliphatic carbocycles. The highest BCUT2D eigenvalue weighted by molar-refractivity contribution is 5.76. The molecule has 0 atom stereocenters. The van der Waals surface area contributed by atoms with E-state index in [9.17, 15) is 4.79 Å². The first-order chi connectivity index (χ1) is 9.19. The number of nitrogens with zero attached hydrogens (tertiary/aromatic N) is 2. The zero-order valence-electron chi connectivity index (χ0n) is 11.6. The van der Waals surface area contributed by atoms with Gasteiger partial charge in [-0.05, 0) is 30.7 Å². The SMILES string of the molecule is CCN1CCN(C(=O)CCc2cccc(N)c2)CC1. The number of piperazine rings is 1. The van der Waals surface area contributed by atoms with Crippen LogP contribution < -0.4 is 5.73 Å². The third-order valence-electron chi connectivity index (χ3n) is 3.75. The van der Waals surface area contributed by atoms with Crippen molar-refractivity contribution in [2.24, 2.45) is 0 Å². The molecule has 1 aliphatic rings. The van der Waals surface area contributed by atoms with Gasteiger partial charge in [0.1, 0.15) is 0 Å². The summed E-state index contributed by atoms with van der Waals surface area (Å²) < 4.78 is 0. The second-order valence-electron chi connectivity index (χ2n) is 5.06. The fourth-order valence-electron chi connectivity index (χ4n) is 2.47. The Morgan fingerprint density at radius 3 is 2.63 bits per heavy atom. The Kier molecular flexibility index (Phi) is 4.80.